The van der Waals surface area contributed by atoms with E-state index in [1.54, 1.807) is 14.0 Å². The summed E-state index contributed by atoms with van der Waals surface area (Å²) in [6, 6.07) is 1.48. The van der Waals surface area contributed by atoms with E-state index in [9.17, 15) is 19.8 Å². The fourth-order valence-corrected chi connectivity index (χ4v) is 3.04. The molecule has 1 aromatic rings. The van der Waals surface area contributed by atoms with Gasteiger partial charge < -0.3 is 39.8 Å². The van der Waals surface area contributed by atoms with Crippen LogP contribution in [0, 0.1) is 6.92 Å². The van der Waals surface area contributed by atoms with Crippen LogP contribution < -0.4 is 16.4 Å². The molecule has 2 amide bonds. The standard InChI is InChI=1S/C24H44N4O8/c1-18-17-20(30)28(21(18)31)11-6-7-19(29)26-9-13-34-15-16-35-14-10-27-22(32)24(4,25)36-12-8-23(2,3)33-5/h17,30-31H,6-16,25H2,1-5H3,(H,26,29)(H,27,32). The minimum absolute atomic E-state index is 0.00991. The number of aryl methyl sites for hydroxylation is 1. The highest BCUT2D eigenvalue weighted by molar-refractivity contribution is 5.83. The van der Waals surface area contributed by atoms with Crippen LogP contribution in [0.4, 0.5) is 0 Å². The van der Waals surface area contributed by atoms with Gasteiger partial charge >= 0.3 is 0 Å². The molecule has 0 aromatic carbocycles. The first-order valence-electron chi connectivity index (χ1n) is 12.2. The minimum atomic E-state index is -1.44. The van der Waals surface area contributed by atoms with Gasteiger partial charge in [0.2, 0.25) is 5.91 Å². The molecular formula is C24H44N4O8. The van der Waals surface area contributed by atoms with Crippen molar-refractivity contribution < 1.29 is 38.7 Å². The Morgan fingerprint density at radius 2 is 1.64 bits per heavy atom. The van der Waals surface area contributed by atoms with Crippen LogP contribution in [0.2, 0.25) is 0 Å². The largest absolute Gasteiger partial charge is 0.494 e. The molecule has 12 heteroatoms. The summed E-state index contributed by atoms with van der Waals surface area (Å²) in [7, 11) is 1.62. The zero-order chi connectivity index (χ0) is 27.2. The van der Waals surface area contributed by atoms with E-state index in [1.807, 2.05) is 13.8 Å². The third kappa shape index (κ3) is 12.0. The molecule has 0 fully saturated rings. The van der Waals surface area contributed by atoms with Gasteiger partial charge in [0.15, 0.2) is 17.5 Å². The van der Waals surface area contributed by atoms with Crippen molar-refractivity contribution in [1.82, 2.24) is 15.2 Å². The van der Waals surface area contributed by atoms with Crippen molar-refractivity contribution in [2.45, 2.75) is 64.8 Å². The minimum Gasteiger partial charge on any atom is -0.494 e. The lowest BCUT2D eigenvalue weighted by atomic mass is 10.1. The van der Waals surface area contributed by atoms with Gasteiger partial charge in [0.1, 0.15) is 0 Å². The summed E-state index contributed by atoms with van der Waals surface area (Å²) in [4.78, 5) is 24.1. The summed E-state index contributed by atoms with van der Waals surface area (Å²) >= 11 is 0. The van der Waals surface area contributed by atoms with E-state index in [1.165, 1.54) is 17.6 Å². The third-order valence-corrected chi connectivity index (χ3v) is 5.60. The first kappa shape index (κ1) is 31.6. The Bertz CT molecular complexity index is 810. The van der Waals surface area contributed by atoms with Gasteiger partial charge in [0.05, 0.1) is 38.6 Å². The number of nitrogens with zero attached hydrogens (tertiary/aromatic N) is 1. The van der Waals surface area contributed by atoms with Crippen LogP contribution in [0.5, 0.6) is 11.8 Å². The van der Waals surface area contributed by atoms with Crippen LogP contribution >= 0.6 is 0 Å². The first-order valence-corrected chi connectivity index (χ1v) is 12.2. The molecule has 36 heavy (non-hydrogen) atoms. The lowest BCUT2D eigenvalue weighted by molar-refractivity contribution is -0.146. The number of ether oxygens (including phenoxy) is 4. The number of aromatic nitrogens is 1. The van der Waals surface area contributed by atoms with Crippen molar-refractivity contribution >= 4 is 11.8 Å². The van der Waals surface area contributed by atoms with Crippen LogP contribution in [-0.2, 0) is 35.1 Å². The Kier molecular flexibility index (Phi) is 13.8. The van der Waals surface area contributed by atoms with Gasteiger partial charge in [0, 0.05) is 44.8 Å². The van der Waals surface area contributed by atoms with Crippen molar-refractivity contribution in [3.05, 3.63) is 11.6 Å². The van der Waals surface area contributed by atoms with Gasteiger partial charge in [-0.25, -0.2) is 0 Å². The average molecular weight is 517 g/mol. The molecule has 1 atom stereocenters. The number of nitrogens with one attached hydrogen (secondary N) is 2. The molecule has 208 valence electrons. The maximum atomic E-state index is 12.2. The maximum Gasteiger partial charge on any atom is 0.267 e. The van der Waals surface area contributed by atoms with Crippen molar-refractivity contribution in [3.63, 3.8) is 0 Å². The lowest BCUT2D eigenvalue weighted by Crippen LogP contribution is -2.54. The predicted octanol–water partition coefficient (Wildman–Crippen LogP) is 0.760. The number of hydrogen-bond donors (Lipinski definition) is 5. The highest BCUT2D eigenvalue weighted by Crippen LogP contribution is 2.26. The van der Waals surface area contributed by atoms with Gasteiger partial charge in [-0.05, 0) is 40.5 Å². The summed E-state index contributed by atoms with van der Waals surface area (Å²) in [5, 5.41) is 25.0. The van der Waals surface area contributed by atoms with E-state index in [0.717, 1.165) is 0 Å². The summed E-state index contributed by atoms with van der Waals surface area (Å²) in [6.45, 7) is 9.67. The Morgan fingerprint density at radius 3 is 2.19 bits per heavy atom. The zero-order valence-corrected chi connectivity index (χ0v) is 22.2. The van der Waals surface area contributed by atoms with E-state index in [4.69, 9.17) is 24.7 Å². The highest BCUT2D eigenvalue weighted by Gasteiger charge is 2.30. The van der Waals surface area contributed by atoms with Crippen molar-refractivity contribution in [2.24, 2.45) is 5.73 Å². The molecule has 6 N–H and O–H groups in total. The Morgan fingerprint density at radius 1 is 1.03 bits per heavy atom. The van der Waals surface area contributed by atoms with Crippen LogP contribution in [0.25, 0.3) is 0 Å². The Balaban J connectivity index is 2.00. The number of aromatic hydroxyl groups is 2. The van der Waals surface area contributed by atoms with E-state index >= 15 is 0 Å². The number of amides is 2. The molecule has 1 heterocycles. The molecule has 0 aliphatic heterocycles. The second kappa shape index (κ2) is 15.7. The summed E-state index contributed by atoms with van der Waals surface area (Å²) in [5.41, 5.74) is 4.73. The molecule has 12 nitrogen and oxygen atoms in total. The van der Waals surface area contributed by atoms with Crippen LogP contribution in [0.1, 0.15) is 45.6 Å². The van der Waals surface area contributed by atoms with Gasteiger partial charge in [-0.15, -0.1) is 0 Å². The summed E-state index contributed by atoms with van der Waals surface area (Å²) < 4.78 is 23.0. The molecule has 0 aliphatic rings. The fourth-order valence-electron chi connectivity index (χ4n) is 3.04. The third-order valence-electron chi connectivity index (χ3n) is 5.60. The van der Waals surface area contributed by atoms with Gasteiger partial charge in [-0.1, -0.05) is 0 Å². The number of nitrogens with two attached hydrogens (primary N) is 1. The molecule has 0 spiro atoms. The maximum absolute atomic E-state index is 12.2. The van der Waals surface area contributed by atoms with Crippen molar-refractivity contribution in [3.8, 4) is 11.8 Å². The van der Waals surface area contributed by atoms with Gasteiger partial charge in [0.25, 0.3) is 5.91 Å². The molecule has 1 unspecified atom stereocenters. The molecule has 0 radical (unpaired) electrons. The monoisotopic (exact) mass is 516 g/mol. The molecule has 0 saturated carbocycles. The van der Waals surface area contributed by atoms with Crippen molar-refractivity contribution in [1.29, 1.82) is 0 Å². The zero-order valence-electron chi connectivity index (χ0n) is 22.2. The molecule has 0 aliphatic carbocycles. The first-order chi connectivity index (χ1) is 16.9. The Labute approximate surface area is 213 Å². The topological polar surface area (TPSA) is 167 Å². The van der Waals surface area contributed by atoms with E-state index in [2.05, 4.69) is 10.6 Å². The molecule has 1 aromatic heterocycles. The fraction of sp³-hybridized carbons (Fsp3) is 0.750. The number of rotatable bonds is 19. The van der Waals surface area contributed by atoms with Gasteiger partial charge in [-0.2, -0.15) is 0 Å². The SMILES string of the molecule is COC(C)(C)CCOC(C)(N)C(=O)NCCOCCOCCNC(=O)CCCn1c(O)cc(C)c1O. The normalized spacial score (nSPS) is 13.4. The van der Waals surface area contributed by atoms with Crippen LogP contribution in [0.3, 0.4) is 0 Å². The Hall–Kier alpha value is -2.38. The predicted molar refractivity (Wildman–Crippen MR) is 134 cm³/mol. The number of hydrogen-bond acceptors (Lipinski definition) is 9. The highest BCUT2D eigenvalue weighted by atomic mass is 16.5. The smallest absolute Gasteiger partial charge is 0.267 e. The molecule has 0 bridgehead atoms. The summed E-state index contributed by atoms with van der Waals surface area (Å²) in [5.74, 6) is -0.568. The number of carbonyl (C=O) groups is 2. The van der Waals surface area contributed by atoms with Crippen LogP contribution in [-0.4, -0.2) is 91.2 Å². The van der Waals surface area contributed by atoms with E-state index in [0.29, 0.717) is 57.9 Å². The average Bonchev–Trinajstić information content (AvgIpc) is 3.05. The quantitative estimate of drug-likeness (QED) is 0.132. The lowest BCUT2D eigenvalue weighted by Gasteiger charge is -2.27. The van der Waals surface area contributed by atoms with Crippen LogP contribution in [0.15, 0.2) is 6.07 Å². The number of carbonyl (C=O) groups excluding carboxylic acids is 2. The molecule has 0 saturated heterocycles. The second-order valence-electron chi connectivity index (χ2n) is 9.26. The number of methoxy groups -OCH3 is 1. The molecule has 1 rings (SSSR count). The second-order valence-corrected chi connectivity index (χ2v) is 9.26. The van der Waals surface area contributed by atoms with Crippen molar-refractivity contribution in [2.75, 3.05) is 53.2 Å². The molecular weight excluding hydrogens is 472 g/mol. The summed E-state index contributed by atoms with van der Waals surface area (Å²) in [6.07, 6.45) is 1.35. The van der Waals surface area contributed by atoms with E-state index in [-0.39, 0.29) is 42.8 Å². The van der Waals surface area contributed by atoms with E-state index < -0.39 is 11.6 Å². The van der Waals surface area contributed by atoms with Gasteiger partial charge in [-0.3, -0.25) is 19.9 Å².